The van der Waals surface area contributed by atoms with Gasteiger partial charge in [0.15, 0.2) is 0 Å². The second kappa shape index (κ2) is 8.54. The Morgan fingerprint density at radius 3 is 2.35 bits per heavy atom. The lowest BCUT2D eigenvalue weighted by molar-refractivity contribution is 0.580. The lowest BCUT2D eigenvalue weighted by Crippen LogP contribution is -2.10. The Hall–Kier alpha value is -0.530. The van der Waals surface area contributed by atoms with Gasteiger partial charge in [-0.05, 0) is 23.5 Å². The molecule has 0 aromatic heterocycles. The molecule has 1 atom stereocenters. The molecular weight excluding hydrogens is 230 g/mol. The molecule has 0 aliphatic heterocycles. The van der Waals surface area contributed by atoms with Gasteiger partial charge in [0.25, 0.3) is 0 Å². The minimum Gasteiger partial charge on any atom is -0.324 e. The predicted molar refractivity (Wildman–Crippen MR) is 78.8 cm³/mol. The van der Waals surface area contributed by atoms with Crippen molar-refractivity contribution in [2.24, 2.45) is 5.73 Å². The Morgan fingerprint density at radius 1 is 1.12 bits per heavy atom. The van der Waals surface area contributed by atoms with Crippen LogP contribution in [0.1, 0.15) is 69.5 Å². The van der Waals surface area contributed by atoms with E-state index in [1.807, 2.05) is 0 Å². The fourth-order valence-electron chi connectivity index (χ4n) is 1.93. The van der Waals surface area contributed by atoms with E-state index in [0.29, 0.717) is 5.92 Å². The highest BCUT2D eigenvalue weighted by molar-refractivity contribution is 5.85. The fourth-order valence-corrected chi connectivity index (χ4v) is 1.93. The van der Waals surface area contributed by atoms with E-state index in [9.17, 15) is 0 Å². The molecule has 0 saturated heterocycles. The molecule has 0 radical (unpaired) electrons. The van der Waals surface area contributed by atoms with Crippen LogP contribution in [0.15, 0.2) is 24.3 Å². The van der Waals surface area contributed by atoms with Gasteiger partial charge in [-0.1, -0.05) is 64.3 Å². The van der Waals surface area contributed by atoms with Crippen molar-refractivity contribution < 1.29 is 0 Å². The maximum atomic E-state index is 6.20. The molecule has 0 unspecified atom stereocenters. The molecule has 2 N–H and O–H groups in total. The van der Waals surface area contributed by atoms with E-state index in [-0.39, 0.29) is 18.4 Å². The first-order valence-electron chi connectivity index (χ1n) is 6.50. The number of hydrogen-bond acceptors (Lipinski definition) is 1. The molecule has 0 amide bonds. The van der Waals surface area contributed by atoms with Crippen LogP contribution < -0.4 is 5.73 Å². The van der Waals surface area contributed by atoms with Gasteiger partial charge in [-0.15, -0.1) is 12.4 Å². The molecule has 98 valence electrons. The lowest BCUT2D eigenvalue weighted by Gasteiger charge is -2.14. The van der Waals surface area contributed by atoms with E-state index in [4.69, 9.17) is 5.73 Å². The first-order valence-corrected chi connectivity index (χ1v) is 6.50. The normalized spacial score (nSPS) is 12.3. The average Bonchev–Trinajstić information content (AvgIpc) is 2.29. The first kappa shape index (κ1) is 16.5. The van der Waals surface area contributed by atoms with E-state index in [2.05, 4.69) is 45.0 Å². The van der Waals surface area contributed by atoms with Crippen LogP contribution in [-0.4, -0.2) is 0 Å². The maximum Gasteiger partial charge on any atom is 0.0294 e. The van der Waals surface area contributed by atoms with Crippen LogP contribution in [-0.2, 0) is 0 Å². The summed E-state index contributed by atoms with van der Waals surface area (Å²) in [5.74, 6) is 0.586. The molecule has 1 rings (SSSR count). The molecule has 2 heteroatoms. The zero-order valence-corrected chi connectivity index (χ0v) is 12.1. The van der Waals surface area contributed by atoms with E-state index in [1.54, 1.807) is 0 Å². The molecule has 17 heavy (non-hydrogen) atoms. The summed E-state index contributed by atoms with van der Waals surface area (Å²) in [7, 11) is 0. The summed E-state index contributed by atoms with van der Waals surface area (Å²) < 4.78 is 0. The highest BCUT2D eigenvalue weighted by atomic mass is 35.5. The van der Waals surface area contributed by atoms with E-state index < -0.39 is 0 Å². The zero-order chi connectivity index (χ0) is 12.0. The summed E-state index contributed by atoms with van der Waals surface area (Å²) in [5, 5.41) is 0. The van der Waals surface area contributed by atoms with Gasteiger partial charge < -0.3 is 5.73 Å². The predicted octanol–water partition coefficient (Wildman–Crippen LogP) is 4.81. The molecule has 0 heterocycles. The van der Waals surface area contributed by atoms with E-state index in [1.165, 1.54) is 30.4 Å². The summed E-state index contributed by atoms with van der Waals surface area (Å²) in [6, 6.07) is 8.95. The Balaban J connectivity index is 0.00000256. The summed E-state index contributed by atoms with van der Waals surface area (Å²) in [6.07, 6.45) is 4.90. The quantitative estimate of drug-likeness (QED) is 0.725. The fraction of sp³-hybridized carbons (Fsp3) is 0.600. The Labute approximate surface area is 112 Å². The first-order chi connectivity index (χ1) is 7.65. The number of rotatable bonds is 6. The van der Waals surface area contributed by atoms with Crippen molar-refractivity contribution in [2.75, 3.05) is 0 Å². The van der Waals surface area contributed by atoms with Crippen LogP contribution in [0.25, 0.3) is 0 Å². The average molecular weight is 256 g/mol. The number of benzene rings is 1. The number of nitrogens with two attached hydrogens (primary N) is 1. The largest absolute Gasteiger partial charge is 0.324 e. The van der Waals surface area contributed by atoms with Gasteiger partial charge >= 0.3 is 0 Å². The van der Waals surface area contributed by atoms with E-state index >= 15 is 0 Å². The van der Waals surface area contributed by atoms with Crippen molar-refractivity contribution in [3.05, 3.63) is 35.4 Å². The SMILES string of the molecule is CCCCC[C@@H](N)c1cccc(C(C)C)c1.Cl. The molecule has 0 fully saturated rings. The summed E-state index contributed by atoms with van der Waals surface area (Å²) in [4.78, 5) is 0. The van der Waals surface area contributed by atoms with Crippen LogP contribution >= 0.6 is 12.4 Å². The third kappa shape index (κ3) is 5.56. The standard InChI is InChI=1S/C15H25N.ClH/c1-4-5-6-10-15(16)14-9-7-8-13(11-14)12(2)3;/h7-9,11-12,15H,4-6,10,16H2,1-3H3;1H/t15-;/m1./s1. The summed E-state index contributed by atoms with van der Waals surface area (Å²) >= 11 is 0. The lowest BCUT2D eigenvalue weighted by atomic mass is 9.95. The van der Waals surface area contributed by atoms with Crippen LogP contribution in [0.5, 0.6) is 0 Å². The molecule has 0 bridgehead atoms. The van der Waals surface area contributed by atoms with Crippen molar-refractivity contribution >= 4 is 12.4 Å². The molecule has 0 spiro atoms. The Morgan fingerprint density at radius 2 is 1.76 bits per heavy atom. The minimum atomic E-state index is 0. The highest BCUT2D eigenvalue weighted by Crippen LogP contribution is 2.22. The second-order valence-electron chi connectivity index (χ2n) is 4.93. The van der Waals surface area contributed by atoms with Crippen LogP contribution in [0, 0.1) is 0 Å². The number of halogens is 1. The topological polar surface area (TPSA) is 26.0 Å². The molecule has 0 aliphatic carbocycles. The Bertz CT molecular complexity index is 310. The van der Waals surface area contributed by atoms with E-state index in [0.717, 1.165) is 6.42 Å². The van der Waals surface area contributed by atoms with Crippen molar-refractivity contribution in [3.8, 4) is 0 Å². The van der Waals surface area contributed by atoms with Crippen molar-refractivity contribution in [2.45, 2.75) is 58.4 Å². The maximum absolute atomic E-state index is 6.20. The molecule has 1 aromatic carbocycles. The highest BCUT2D eigenvalue weighted by Gasteiger charge is 2.07. The zero-order valence-electron chi connectivity index (χ0n) is 11.3. The van der Waals surface area contributed by atoms with Gasteiger partial charge in [-0.3, -0.25) is 0 Å². The van der Waals surface area contributed by atoms with Crippen LogP contribution in [0.4, 0.5) is 0 Å². The monoisotopic (exact) mass is 255 g/mol. The number of unbranched alkanes of at least 4 members (excludes halogenated alkanes) is 2. The second-order valence-corrected chi connectivity index (χ2v) is 4.93. The molecule has 0 aliphatic rings. The third-order valence-corrected chi connectivity index (χ3v) is 3.12. The summed E-state index contributed by atoms with van der Waals surface area (Å²) in [6.45, 7) is 6.67. The van der Waals surface area contributed by atoms with Crippen molar-refractivity contribution in [3.63, 3.8) is 0 Å². The van der Waals surface area contributed by atoms with Gasteiger partial charge in [0.1, 0.15) is 0 Å². The molecule has 0 saturated carbocycles. The van der Waals surface area contributed by atoms with Gasteiger partial charge in [0.2, 0.25) is 0 Å². The molecule has 1 nitrogen and oxygen atoms in total. The summed E-state index contributed by atoms with van der Waals surface area (Å²) in [5.41, 5.74) is 8.89. The van der Waals surface area contributed by atoms with Crippen LogP contribution in [0.2, 0.25) is 0 Å². The minimum absolute atomic E-state index is 0. The third-order valence-electron chi connectivity index (χ3n) is 3.12. The van der Waals surface area contributed by atoms with Gasteiger partial charge in [0, 0.05) is 6.04 Å². The van der Waals surface area contributed by atoms with Gasteiger partial charge in [-0.2, -0.15) is 0 Å². The van der Waals surface area contributed by atoms with Crippen LogP contribution in [0.3, 0.4) is 0 Å². The Kier molecular flexibility index (Phi) is 8.28. The van der Waals surface area contributed by atoms with Crippen molar-refractivity contribution in [1.29, 1.82) is 0 Å². The number of hydrogen-bond donors (Lipinski definition) is 1. The smallest absolute Gasteiger partial charge is 0.0294 e. The van der Waals surface area contributed by atoms with Gasteiger partial charge in [0.05, 0.1) is 0 Å². The van der Waals surface area contributed by atoms with Crippen molar-refractivity contribution in [1.82, 2.24) is 0 Å². The molecular formula is C15H26ClN. The van der Waals surface area contributed by atoms with Gasteiger partial charge in [-0.25, -0.2) is 0 Å². The molecule has 1 aromatic rings.